The van der Waals surface area contributed by atoms with Crippen molar-refractivity contribution >= 4 is 11.5 Å². The summed E-state index contributed by atoms with van der Waals surface area (Å²) in [4.78, 5) is 0. The molecule has 0 aliphatic carbocycles. The van der Waals surface area contributed by atoms with Gasteiger partial charge in [-0.15, -0.1) is 20.4 Å². The molecular formula is C16H21N6O2+. The fourth-order valence-electron chi connectivity index (χ4n) is 1.84. The van der Waals surface area contributed by atoms with Crippen molar-refractivity contribution in [1.82, 2.24) is 4.57 Å². The van der Waals surface area contributed by atoms with Gasteiger partial charge < -0.3 is 14.8 Å². The van der Waals surface area contributed by atoms with E-state index in [1.54, 1.807) is 31.2 Å². The normalized spacial score (nSPS) is 11.9. The van der Waals surface area contributed by atoms with E-state index < -0.39 is 0 Å². The van der Waals surface area contributed by atoms with Gasteiger partial charge in [-0.3, -0.25) is 0 Å². The third-order valence-corrected chi connectivity index (χ3v) is 3.08. The Morgan fingerprint density at radius 2 is 1.79 bits per heavy atom. The molecule has 0 saturated carbocycles. The van der Waals surface area contributed by atoms with Crippen LogP contribution in [-0.4, -0.2) is 33.8 Å². The average Bonchev–Trinajstić information content (AvgIpc) is 2.61. The molecule has 0 amide bonds. The Morgan fingerprint density at radius 3 is 2.42 bits per heavy atom. The maximum Gasteiger partial charge on any atom is 0.171 e. The molecule has 0 aliphatic heterocycles. The number of aliphatic hydroxyl groups excluding tert-OH is 2. The molecule has 24 heavy (non-hydrogen) atoms. The number of nitrogens with zero attached hydrogens (tertiary/aromatic N) is 6. The second-order valence-electron chi connectivity index (χ2n) is 4.98. The van der Waals surface area contributed by atoms with Crippen molar-refractivity contribution in [3.63, 3.8) is 0 Å². The molecule has 2 aromatic rings. The molecule has 2 aromatic heterocycles. The molecule has 0 aliphatic rings. The van der Waals surface area contributed by atoms with Crippen molar-refractivity contribution < 1.29 is 14.8 Å². The highest BCUT2D eigenvalue weighted by molar-refractivity contribution is 5.79. The van der Waals surface area contributed by atoms with Crippen molar-refractivity contribution in [3.05, 3.63) is 54.4 Å². The quantitative estimate of drug-likeness (QED) is 0.269. The molecular weight excluding hydrogens is 308 g/mol. The maximum absolute atomic E-state index is 8.86. The van der Waals surface area contributed by atoms with Crippen LogP contribution in [0.4, 0.5) is 5.69 Å². The maximum atomic E-state index is 8.86. The van der Waals surface area contributed by atoms with Gasteiger partial charge >= 0.3 is 0 Å². The van der Waals surface area contributed by atoms with Gasteiger partial charge in [-0.2, -0.15) is 0 Å². The molecule has 2 heterocycles. The van der Waals surface area contributed by atoms with Gasteiger partial charge in [0.2, 0.25) is 0 Å². The molecule has 0 spiro atoms. The topological polar surface area (TPSA) is 98.7 Å². The Kier molecular flexibility index (Phi) is 6.93. The molecule has 0 saturated heterocycles. The minimum absolute atomic E-state index is 0.0955. The monoisotopic (exact) mass is 329 g/mol. The predicted octanol–water partition coefficient (Wildman–Crippen LogP) is 0.778. The number of azo groups is 1. The van der Waals surface area contributed by atoms with Crippen LogP contribution in [-0.2, 0) is 13.1 Å². The van der Waals surface area contributed by atoms with Crippen molar-refractivity contribution in [1.29, 1.82) is 0 Å². The van der Waals surface area contributed by atoms with E-state index in [0.29, 0.717) is 30.0 Å². The van der Waals surface area contributed by atoms with Gasteiger partial charge in [0.05, 0.1) is 17.7 Å². The first kappa shape index (κ1) is 17.6. The van der Waals surface area contributed by atoms with Gasteiger partial charge in [0, 0.05) is 31.1 Å². The van der Waals surface area contributed by atoms with Crippen molar-refractivity contribution in [2.75, 3.05) is 13.2 Å². The third-order valence-electron chi connectivity index (χ3n) is 3.08. The van der Waals surface area contributed by atoms with E-state index in [-0.39, 0.29) is 13.2 Å². The Balaban J connectivity index is 2.00. The van der Waals surface area contributed by atoms with Crippen LogP contribution in [0.5, 0.6) is 0 Å². The lowest BCUT2D eigenvalue weighted by atomic mass is 10.4. The molecule has 8 nitrogen and oxygen atoms in total. The number of aliphatic hydroxyl groups is 2. The van der Waals surface area contributed by atoms with Crippen LogP contribution in [0.15, 0.2) is 69.5 Å². The molecule has 0 fully saturated rings. The lowest BCUT2D eigenvalue weighted by Gasteiger charge is -2.01. The number of hydrogen-bond acceptors (Lipinski definition) is 5. The number of hydrogen-bond donors (Lipinski definition) is 2. The molecule has 0 radical (unpaired) electrons. The highest BCUT2D eigenvalue weighted by Gasteiger charge is 1.98. The lowest BCUT2D eigenvalue weighted by Crippen LogP contribution is -2.34. The van der Waals surface area contributed by atoms with Gasteiger partial charge in [-0.05, 0) is 19.1 Å². The lowest BCUT2D eigenvalue weighted by molar-refractivity contribution is -0.698. The first-order valence-corrected chi connectivity index (χ1v) is 7.58. The Morgan fingerprint density at radius 1 is 1.08 bits per heavy atom. The van der Waals surface area contributed by atoms with Crippen LogP contribution in [0.25, 0.3) is 0 Å². The summed E-state index contributed by atoms with van der Waals surface area (Å²) in [6.07, 6.45) is 7.31. The number of pyridine rings is 2. The highest BCUT2D eigenvalue weighted by Crippen LogP contribution is 2.08. The largest absolute Gasteiger partial charge is 0.395 e. The van der Waals surface area contributed by atoms with E-state index in [4.69, 9.17) is 10.2 Å². The van der Waals surface area contributed by atoms with Gasteiger partial charge in [-0.1, -0.05) is 0 Å². The first-order chi connectivity index (χ1) is 11.7. The summed E-state index contributed by atoms with van der Waals surface area (Å²) in [7, 11) is 0. The van der Waals surface area contributed by atoms with Gasteiger partial charge in [0.25, 0.3) is 0 Å². The summed E-state index contributed by atoms with van der Waals surface area (Å²) in [5.41, 5.74) is 0.698. The van der Waals surface area contributed by atoms with Crippen LogP contribution in [0.2, 0.25) is 0 Å². The molecule has 0 atom stereocenters. The summed E-state index contributed by atoms with van der Waals surface area (Å²) in [5.74, 6) is 0.439. The van der Waals surface area contributed by atoms with Gasteiger partial charge in [0.1, 0.15) is 6.61 Å². The van der Waals surface area contributed by atoms with Crippen LogP contribution in [0, 0.1) is 0 Å². The predicted molar refractivity (Wildman–Crippen MR) is 88.4 cm³/mol. The van der Waals surface area contributed by atoms with Crippen LogP contribution in [0.1, 0.15) is 6.92 Å². The smallest absolute Gasteiger partial charge is 0.171 e. The van der Waals surface area contributed by atoms with Crippen molar-refractivity contribution in [2.45, 2.75) is 20.0 Å². The summed E-state index contributed by atoms with van der Waals surface area (Å²) in [6, 6.07) is 7.22. The van der Waals surface area contributed by atoms with Gasteiger partial charge in [-0.25, -0.2) is 4.57 Å². The second kappa shape index (κ2) is 9.43. The number of aromatic nitrogens is 2. The molecule has 8 heteroatoms. The summed E-state index contributed by atoms with van der Waals surface area (Å²) < 4.78 is 3.71. The summed E-state index contributed by atoms with van der Waals surface area (Å²) in [5, 5.41) is 34.6. The minimum Gasteiger partial charge on any atom is -0.395 e. The van der Waals surface area contributed by atoms with Crippen LogP contribution in [0.3, 0.4) is 0 Å². The number of rotatable bonds is 6. The van der Waals surface area contributed by atoms with E-state index in [9.17, 15) is 0 Å². The van der Waals surface area contributed by atoms with E-state index >= 15 is 0 Å². The van der Waals surface area contributed by atoms with Crippen LogP contribution >= 0.6 is 0 Å². The fourth-order valence-corrected chi connectivity index (χ4v) is 1.84. The zero-order chi connectivity index (χ0) is 17.2. The van der Waals surface area contributed by atoms with Crippen LogP contribution < -0.4 is 9.92 Å². The first-order valence-electron chi connectivity index (χ1n) is 7.58. The second-order valence-corrected chi connectivity index (χ2v) is 4.98. The van der Waals surface area contributed by atoms with E-state index in [0.717, 1.165) is 0 Å². The molecule has 0 unspecified atom stereocenters. The molecule has 0 bridgehead atoms. The molecule has 2 N–H and O–H groups in total. The zero-order valence-corrected chi connectivity index (χ0v) is 13.5. The van der Waals surface area contributed by atoms with Crippen molar-refractivity contribution in [3.8, 4) is 0 Å². The molecule has 126 valence electrons. The number of amidine groups is 1. The fraction of sp³-hybridized carbons (Fsp3) is 0.312. The van der Waals surface area contributed by atoms with Crippen molar-refractivity contribution in [2.24, 2.45) is 20.4 Å². The Bertz CT molecular complexity index is 744. The third kappa shape index (κ3) is 5.82. The average molecular weight is 329 g/mol. The summed E-state index contributed by atoms with van der Waals surface area (Å²) in [6.45, 7) is 3.01. The highest BCUT2D eigenvalue weighted by atomic mass is 16.3. The Labute approximate surface area is 139 Å². The van der Waals surface area contributed by atoms with Gasteiger partial charge in [0.15, 0.2) is 24.8 Å². The van der Waals surface area contributed by atoms with E-state index in [1.807, 2.05) is 33.9 Å². The zero-order valence-electron chi connectivity index (χ0n) is 13.5. The molecule has 0 aromatic carbocycles. The van der Waals surface area contributed by atoms with E-state index in [2.05, 4.69) is 20.4 Å². The Hall–Kier alpha value is -2.71. The minimum atomic E-state index is 0.0955. The standard InChI is InChI=1S/C16H21N6O2/c1-14(17-19-15-2-6-21(7-3-15)10-12-23)18-20-16-4-8-22(9-5-16)11-13-24/h2-9,23-24H,10-13H2,1H3/q+1. The summed E-state index contributed by atoms with van der Waals surface area (Å²) >= 11 is 0. The molecule has 2 rings (SSSR count). The van der Waals surface area contributed by atoms with E-state index in [1.165, 1.54) is 0 Å². The SMILES string of the molecule is CC(N=Nc1cc[n+](CCO)cc1)=NN=c1ccn(CCO)cc1.